The maximum atomic E-state index is 12.4. The summed E-state index contributed by atoms with van der Waals surface area (Å²) in [5.41, 5.74) is 1.58. The third kappa shape index (κ3) is 5.46. The molecule has 0 atom stereocenters. The molecule has 0 aliphatic rings. The summed E-state index contributed by atoms with van der Waals surface area (Å²) in [6.45, 7) is 0. The fourth-order valence-corrected chi connectivity index (χ4v) is 3.43. The minimum Gasteiger partial charge on any atom is -0.438 e. The van der Waals surface area contributed by atoms with Crippen molar-refractivity contribution in [1.29, 1.82) is 0 Å². The predicted molar refractivity (Wildman–Crippen MR) is 132 cm³/mol. The predicted octanol–water partition coefficient (Wildman–Crippen LogP) is 6.93. The zero-order valence-corrected chi connectivity index (χ0v) is 18.9. The highest BCUT2D eigenvalue weighted by Gasteiger charge is 2.10. The molecule has 34 heavy (non-hydrogen) atoms. The Hall–Kier alpha value is -4.07. The molecule has 9 heteroatoms. The third-order valence-corrected chi connectivity index (χ3v) is 5.31. The molecule has 0 N–H and O–H groups in total. The maximum Gasteiger partial charge on any atom is 0.270 e. The van der Waals surface area contributed by atoms with Gasteiger partial charge >= 0.3 is 0 Å². The fraction of sp³-hybridized carbons (Fsp3) is 0. The van der Waals surface area contributed by atoms with Gasteiger partial charge in [0.2, 0.25) is 5.88 Å². The number of nitro groups is 1. The van der Waals surface area contributed by atoms with Gasteiger partial charge in [-0.2, -0.15) is 0 Å². The number of fused-ring (bicyclic) bond motifs is 1. The van der Waals surface area contributed by atoms with Crippen LogP contribution in [0.25, 0.3) is 23.1 Å². The van der Waals surface area contributed by atoms with Gasteiger partial charge in [-0.15, -0.1) is 0 Å². The first-order chi connectivity index (χ1) is 16.4. The number of aromatic nitrogens is 2. The number of halogens is 2. The second-order valence-corrected chi connectivity index (χ2v) is 7.86. The Morgan fingerprint density at radius 2 is 1.71 bits per heavy atom. The Labute approximate surface area is 204 Å². The van der Waals surface area contributed by atoms with Crippen molar-refractivity contribution >= 4 is 57.7 Å². The van der Waals surface area contributed by atoms with Gasteiger partial charge in [0.1, 0.15) is 12.1 Å². The summed E-state index contributed by atoms with van der Waals surface area (Å²) in [4.78, 5) is 31.2. The molecule has 4 aromatic rings. The van der Waals surface area contributed by atoms with Gasteiger partial charge < -0.3 is 4.74 Å². The van der Waals surface area contributed by atoms with Crippen LogP contribution in [0, 0.1) is 10.1 Å². The largest absolute Gasteiger partial charge is 0.438 e. The van der Waals surface area contributed by atoms with E-state index in [1.807, 2.05) is 6.07 Å². The number of ketones is 1. The van der Waals surface area contributed by atoms with Gasteiger partial charge in [-0.3, -0.25) is 14.9 Å². The Bertz CT molecular complexity index is 1470. The van der Waals surface area contributed by atoms with Gasteiger partial charge in [-0.1, -0.05) is 41.4 Å². The molecule has 0 aliphatic heterocycles. The summed E-state index contributed by atoms with van der Waals surface area (Å²) in [5, 5.41) is 12.4. The normalized spacial score (nSPS) is 11.4. The molecule has 1 heterocycles. The number of nitrogens with zero attached hydrogens (tertiary/aromatic N) is 3. The second-order valence-electron chi connectivity index (χ2n) is 7.01. The standard InChI is InChI=1S/C25H15Cl2N3O4/c26-18-7-12-23-21(14-18)25(29-15-28-23)34-24-4-2-1-3-16(24)5-9-20(31)10-6-17-13-19(30(32)33)8-11-22(17)27/h1-15H/b9-5+,10-6+. The summed E-state index contributed by atoms with van der Waals surface area (Å²) in [7, 11) is 0. The van der Waals surface area contributed by atoms with E-state index < -0.39 is 4.92 Å². The minimum atomic E-state index is -0.527. The lowest BCUT2D eigenvalue weighted by molar-refractivity contribution is -0.384. The van der Waals surface area contributed by atoms with Crippen LogP contribution >= 0.6 is 23.2 Å². The maximum absolute atomic E-state index is 12.4. The van der Waals surface area contributed by atoms with Crippen molar-refractivity contribution in [2.24, 2.45) is 0 Å². The first-order valence-electron chi connectivity index (χ1n) is 9.92. The van der Waals surface area contributed by atoms with Crippen molar-refractivity contribution in [2.75, 3.05) is 0 Å². The van der Waals surface area contributed by atoms with E-state index >= 15 is 0 Å². The first kappa shape index (κ1) is 23.1. The Morgan fingerprint density at radius 1 is 0.941 bits per heavy atom. The van der Waals surface area contributed by atoms with Crippen molar-refractivity contribution in [1.82, 2.24) is 9.97 Å². The molecule has 0 bridgehead atoms. The molecular weight excluding hydrogens is 477 g/mol. The number of allylic oxidation sites excluding steroid dienone is 2. The Morgan fingerprint density at radius 3 is 2.50 bits per heavy atom. The van der Waals surface area contributed by atoms with Gasteiger partial charge in [0.15, 0.2) is 5.78 Å². The number of para-hydroxylation sites is 1. The Balaban J connectivity index is 1.55. The van der Waals surface area contributed by atoms with E-state index in [2.05, 4.69) is 9.97 Å². The number of ether oxygens (including phenoxy) is 1. The lowest BCUT2D eigenvalue weighted by atomic mass is 10.1. The molecular formula is C25H15Cl2N3O4. The summed E-state index contributed by atoms with van der Waals surface area (Å²) in [5.74, 6) is 0.480. The van der Waals surface area contributed by atoms with Crippen molar-refractivity contribution in [2.45, 2.75) is 0 Å². The highest BCUT2D eigenvalue weighted by Crippen LogP contribution is 2.31. The molecule has 0 saturated heterocycles. The summed E-state index contributed by atoms with van der Waals surface area (Å²) < 4.78 is 6.02. The van der Waals surface area contributed by atoms with E-state index in [-0.39, 0.29) is 11.5 Å². The van der Waals surface area contributed by atoms with Crippen molar-refractivity contribution in [3.8, 4) is 11.6 Å². The lowest BCUT2D eigenvalue weighted by Gasteiger charge is -2.10. The van der Waals surface area contributed by atoms with E-state index in [0.717, 1.165) is 0 Å². The SMILES string of the molecule is O=C(/C=C/c1cc([N+](=O)[O-])ccc1Cl)/C=C/c1ccccc1Oc1ncnc2ccc(Cl)cc12. The van der Waals surface area contributed by atoms with Crippen LogP contribution < -0.4 is 4.74 Å². The van der Waals surface area contributed by atoms with Crippen LogP contribution in [0.5, 0.6) is 11.6 Å². The summed E-state index contributed by atoms with van der Waals surface area (Å²) >= 11 is 12.2. The molecule has 4 rings (SSSR count). The summed E-state index contributed by atoms with van der Waals surface area (Å²) in [6.07, 6.45) is 7.08. The van der Waals surface area contributed by atoms with E-state index in [0.29, 0.717) is 43.7 Å². The van der Waals surface area contributed by atoms with Gasteiger partial charge in [0.25, 0.3) is 5.69 Å². The van der Waals surface area contributed by atoms with E-state index in [1.54, 1.807) is 42.5 Å². The highest BCUT2D eigenvalue weighted by molar-refractivity contribution is 6.32. The van der Waals surface area contributed by atoms with E-state index in [9.17, 15) is 14.9 Å². The average Bonchev–Trinajstić information content (AvgIpc) is 2.83. The fourth-order valence-electron chi connectivity index (χ4n) is 3.07. The van der Waals surface area contributed by atoms with Crippen LogP contribution in [0.1, 0.15) is 11.1 Å². The van der Waals surface area contributed by atoms with Crippen molar-refractivity contribution in [3.63, 3.8) is 0 Å². The van der Waals surface area contributed by atoms with Crippen molar-refractivity contribution < 1.29 is 14.5 Å². The molecule has 0 fully saturated rings. The molecule has 0 unspecified atom stereocenters. The van der Waals surface area contributed by atoms with Crippen LogP contribution in [0.4, 0.5) is 5.69 Å². The quantitative estimate of drug-likeness (QED) is 0.158. The molecule has 0 amide bonds. The average molecular weight is 492 g/mol. The number of hydrogen-bond donors (Lipinski definition) is 0. The highest BCUT2D eigenvalue weighted by atomic mass is 35.5. The van der Waals surface area contributed by atoms with E-state index in [4.69, 9.17) is 27.9 Å². The smallest absolute Gasteiger partial charge is 0.270 e. The minimum absolute atomic E-state index is 0.114. The van der Waals surface area contributed by atoms with Gasteiger partial charge in [0.05, 0.1) is 15.8 Å². The van der Waals surface area contributed by atoms with E-state index in [1.165, 1.54) is 42.8 Å². The first-order valence-corrected chi connectivity index (χ1v) is 10.7. The van der Waals surface area contributed by atoms with Gasteiger partial charge in [-0.25, -0.2) is 9.97 Å². The molecule has 7 nitrogen and oxygen atoms in total. The second kappa shape index (κ2) is 10.2. The van der Waals surface area contributed by atoms with Crippen molar-refractivity contribution in [3.05, 3.63) is 110 Å². The number of nitro benzene ring substituents is 1. The molecule has 3 aromatic carbocycles. The molecule has 168 valence electrons. The number of benzene rings is 3. The molecule has 1 aromatic heterocycles. The van der Waals surface area contributed by atoms with Crippen LogP contribution in [-0.4, -0.2) is 20.7 Å². The zero-order valence-electron chi connectivity index (χ0n) is 17.4. The number of carbonyl (C=O) groups is 1. The van der Waals surface area contributed by atoms with Gasteiger partial charge in [0, 0.05) is 27.7 Å². The molecule has 0 saturated carbocycles. The van der Waals surface area contributed by atoms with Crippen LogP contribution in [0.3, 0.4) is 0 Å². The van der Waals surface area contributed by atoms with Crippen LogP contribution in [-0.2, 0) is 4.79 Å². The molecule has 0 radical (unpaired) electrons. The third-order valence-electron chi connectivity index (χ3n) is 4.73. The molecule has 0 spiro atoms. The van der Waals surface area contributed by atoms with Gasteiger partial charge in [-0.05, 0) is 60.2 Å². The topological polar surface area (TPSA) is 95.2 Å². The Kier molecular flexibility index (Phi) is 6.96. The lowest BCUT2D eigenvalue weighted by Crippen LogP contribution is -1.93. The summed E-state index contributed by atoms with van der Waals surface area (Å²) in [6, 6.07) is 16.4. The van der Waals surface area contributed by atoms with Crippen LogP contribution in [0.15, 0.2) is 79.1 Å². The van der Waals surface area contributed by atoms with Crippen LogP contribution in [0.2, 0.25) is 10.0 Å². The number of non-ortho nitro benzene ring substituents is 1. The monoisotopic (exact) mass is 491 g/mol. The molecule has 0 aliphatic carbocycles. The number of rotatable bonds is 7. The number of carbonyl (C=O) groups excluding carboxylic acids is 1. The zero-order chi connectivity index (χ0) is 24.1. The number of hydrogen-bond acceptors (Lipinski definition) is 6.